The molecule has 0 saturated heterocycles. The summed E-state index contributed by atoms with van der Waals surface area (Å²) >= 11 is 0. The van der Waals surface area contributed by atoms with Gasteiger partial charge in [0.25, 0.3) is 0 Å². The van der Waals surface area contributed by atoms with Crippen LogP contribution >= 0.6 is 0 Å². The zero-order valence-electron chi connectivity index (χ0n) is 13.1. The van der Waals surface area contributed by atoms with Crippen LogP contribution in [-0.4, -0.2) is 17.5 Å². The highest BCUT2D eigenvalue weighted by molar-refractivity contribution is 6.08. The van der Waals surface area contributed by atoms with Gasteiger partial charge in [-0.15, -0.1) is 0 Å². The number of allylic oxidation sites excluding steroid dienone is 2. The van der Waals surface area contributed by atoms with Gasteiger partial charge >= 0.3 is 0 Å². The van der Waals surface area contributed by atoms with Gasteiger partial charge in [-0.3, -0.25) is 4.79 Å². The van der Waals surface area contributed by atoms with E-state index < -0.39 is 0 Å². The maximum Gasteiger partial charge on any atom is 0.160 e. The first-order valence-electron chi connectivity index (χ1n) is 7.34. The van der Waals surface area contributed by atoms with Crippen LogP contribution in [0.15, 0.2) is 59.9 Å². The Morgan fingerprint density at radius 1 is 0.955 bits per heavy atom. The number of carbonyl (C=O) groups excluding carboxylic acids is 1. The van der Waals surface area contributed by atoms with Gasteiger partial charge in [0.2, 0.25) is 0 Å². The van der Waals surface area contributed by atoms with Crippen LogP contribution in [0.3, 0.4) is 0 Å². The molecule has 3 nitrogen and oxygen atoms in total. The minimum Gasteiger partial charge on any atom is -0.501 e. The normalized spacial score (nSPS) is 12.5. The van der Waals surface area contributed by atoms with Crippen LogP contribution in [0.2, 0.25) is 0 Å². The van der Waals surface area contributed by atoms with Crippen LogP contribution in [-0.2, 0) is 16.1 Å². The van der Waals surface area contributed by atoms with Crippen molar-refractivity contribution in [2.75, 3.05) is 7.11 Å². The molecule has 1 heterocycles. The van der Waals surface area contributed by atoms with Gasteiger partial charge < -0.3 is 9.30 Å². The highest BCUT2D eigenvalue weighted by Gasteiger charge is 2.15. The number of aromatic nitrogens is 1. The van der Waals surface area contributed by atoms with Crippen LogP contribution in [0.5, 0.6) is 0 Å². The van der Waals surface area contributed by atoms with E-state index in [9.17, 15) is 4.79 Å². The van der Waals surface area contributed by atoms with Gasteiger partial charge in [-0.25, -0.2) is 0 Å². The largest absolute Gasteiger partial charge is 0.501 e. The summed E-state index contributed by atoms with van der Waals surface area (Å²) in [4.78, 5) is 12.0. The van der Waals surface area contributed by atoms with Crippen LogP contribution < -0.4 is 0 Å². The number of ether oxygens (including phenoxy) is 1. The Hall–Kier alpha value is -2.55. The molecule has 0 unspecified atom stereocenters. The molecule has 0 aliphatic rings. The predicted molar refractivity (Wildman–Crippen MR) is 89.8 cm³/mol. The Kier molecular flexibility index (Phi) is 3.72. The molecule has 1 aromatic heterocycles. The maximum atomic E-state index is 12.0. The highest BCUT2D eigenvalue weighted by Crippen LogP contribution is 2.29. The monoisotopic (exact) mass is 293 g/mol. The third-order valence-electron chi connectivity index (χ3n) is 4.15. The van der Waals surface area contributed by atoms with Crippen molar-refractivity contribution >= 4 is 27.6 Å². The second-order valence-electron chi connectivity index (χ2n) is 5.42. The third-order valence-corrected chi connectivity index (χ3v) is 4.15. The third kappa shape index (κ3) is 2.29. The molecule has 0 saturated carbocycles. The minimum atomic E-state index is 0.0428. The lowest BCUT2D eigenvalue weighted by molar-refractivity contribution is -0.114. The number of carbonyl (C=O) groups is 1. The van der Waals surface area contributed by atoms with E-state index in [1.54, 1.807) is 14.0 Å². The van der Waals surface area contributed by atoms with Crippen molar-refractivity contribution in [1.29, 1.82) is 0 Å². The molecule has 0 bridgehead atoms. The SMILES string of the molecule is CO/C(C)=C(/Cn1c2ccccc2c2ccccc21)C(C)=O. The Morgan fingerprint density at radius 2 is 1.45 bits per heavy atom. The number of hydrogen-bond acceptors (Lipinski definition) is 2. The first-order chi connectivity index (χ1) is 10.6. The number of benzene rings is 2. The zero-order valence-corrected chi connectivity index (χ0v) is 13.1. The first kappa shape index (κ1) is 14.4. The molecule has 2 aromatic carbocycles. The van der Waals surface area contributed by atoms with E-state index >= 15 is 0 Å². The lowest BCUT2D eigenvalue weighted by Gasteiger charge is -2.12. The van der Waals surface area contributed by atoms with E-state index in [4.69, 9.17) is 4.74 Å². The van der Waals surface area contributed by atoms with Gasteiger partial charge in [0.1, 0.15) is 5.76 Å². The topological polar surface area (TPSA) is 31.2 Å². The molecule has 0 spiro atoms. The molecule has 3 aromatic rings. The molecular formula is C19H19NO2. The fourth-order valence-electron chi connectivity index (χ4n) is 2.93. The fourth-order valence-corrected chi connectivity index (χ4v) is 2.93. The van der Waals surface area contributed by atoms with E-state index in [-0.39, 0.29) is 5.78 Å². The molecule has 0 radical (unpaired) electrons. The summed E-state index contributed by atoms with van der Waals surface area (Å²) in [5.41, 5.74) is 2.96. The number of Topliss-reactive ketones (excluding diaryl/α,β-unsaturated/α-hetero) is 1. The predicted octanol–water partition coefficient (Wildman–Crippen LogP) is 4.30. The fraction of sp³-hybridized carbons (Fsp3) is 0.211. The minimum absolute atomic E-state index is 0.0428. The number of rotatable bonds is 4. The number of fused-ring (bicyclic) bond motifs is 3. The van der Waals surface area contributed by atoms with Crippen molar-refractivity contribution in [2.45, 2.75) is 20.4 Å². The molecule has 3 rings (SSSR count). The number of methoxy groups -OCH3 is 1. The maximum absolute atomic E-state index is 12.0. The molecule has 22 heavy (non-hydrogen) atoms. The molecule has 0 aliphatic heterocycles. The highest BCUT2D eigenvalue weighted by atomic mass is 16.5. The Labute approximate surface area is 129 Å². The van der Waals surface area contributed by atoms with Gasteiger partial charge in [0.05, 0.1) is 19.2 Å². The van der Waals surface area contributed by atoms with Gasteiger partial charge in [0, 0.05) is 21.8 Å². The Balaban J connectivity index is 2.27. The van der Waals surface area contributed by atoms with Crippen molar-refractivity contribution in [1.82, 2.24) is 4.57 Å². The van der Waals surface area contributed by atoms with Crippen LogP contribution in [0.1, 0.15) is 13.8 Å². The summed E-state index contributed by atoms with van der Waals surface area (Å²) in [6.45, 7) is 3.94. The van der Waals surface area contributed by atoms with Crippen molar-refractivity contribution < 1.29 is 9.53 Å². The van der Waals surface area contributed by atoms with E-state index in [1.165, 1.54) is 10.8 Å². The molecule has 0 amide bonds. The summed E-state index contributed by atoms with van der Waals surface area (Å²) in [6.07, 6.45) is 0. The number of hydrogen-bond donors (Lipinski definition) is 0. The molecule has 3 heteroatoms. The smallest absolute Gasteiger partial charge is 0.160 e. The van der Waals surface area contributed by atoms with Crippen molar-refractivity contribution in [3.63, 3.8) is 0 Å². The van der Waals surface area contributed by atoms with Gasteiger partial charge in [-0.1, -0.05) is 36.4 Å². The second kappa shape index (κ2) is 5.68. The molecule has 112 valence electrons. The number of para-hydroxylation sites is 2. The van der Waals surface area contributed by atoms with Crippen molar-refractivity contribution in [2.24, 2.45) is 0 Å². The number of ketones is 1. The molecule has 0 N–H and O–H groups in total. The van der Waals surface area contributed by atoms with Crippen molar-refractivity contribution in [3.8, 4) is 0 Å². The molecule has 0 atom stereocenters. The zero-order chi connectivity index (χ0) is 15.7. The van der Waals surface area contributed by atoms with Crippen LogP contribution in [0, 0.1) is 0 Å². The Morgan fingerprint density at radius 3 is 1.91 bits per heavy atom. The van der Waals surface area contributed by atoms with Crippen LogP contribution in [0.4, 0.5) is 0 Å². The van der Waals surface area contributed by atoms with Crippen LogP contribution in [0.25, 0.3) is 21.8 Å². The second-order valence-corrected chi connectivity index (χ2v) is 5.42. The van der Waals surface area contributed by atoms with Gasteiger partial charge in [-0.2, -0.15) is 0 Å². The lowest BCUT2D eigenvalue weighted by atomic mass is 10.1. The van der Waals surface area contributed by atoms with E-state index in [0.717, 1.165) is 11.0 Å². The quantitative estimate of drug-likeness (QED) is 0.530. The summed E-state index contributed by atoms with van der Waals surface area (Å²) in [7, 11) is 1.60. The summed E-state index contributed by atoms with van der Waals surface area (Å²) < 4.78 is 7.48. The summed E-state index contributed by atoms with van der Waals surface area (Å²) in [5.74, 6) is 0.718. The lowest BCUT2D eigenvalue weighted by Crippen LogP contribution is -2.10. The Bertz CT molecular complexity index is 833. The summed E-state index contributed by atoms with van der Waals surface area (Å²) in [5, 5.41) is 2.41. The van der Waals surface area contributed by atoms with E-state index in [1.807, 2.05) is 31.2 Å². The molecule has 0 aliphatic carbocycles. The average molecular weight is 293 g/mol. The van der Waals surface area contributed by atoms with Gasteiger partial charge in [0.15, 0.2) is 5.78 Å². The van der Waals surface area contributed by atoms with E-state index in [0.29, 0.717) is 17.9 Å². The number of nitrogens with zero attached hydrogens (tertiary/aromatic N) is 1. The standard InChI is InChI=1S/C19H19NO2/c1-13(21)17(14(2)22-3)12-20-18-10-6-4-8-15(18)16-9-5-7-11-19(16)20/h4-11H,12H2,1-3H3/b17-14-. The van der Waals surface area contributed by atoms with E-state index in [2.05, 4.69) is 28.8 Å². The molecule has 0 fully saturated rings. The van der Waals surface area contributed by atoms with Crippen molar-refractivity contribution in [3.05, 3.63) is 59.9 Å². The first-order valence-corrected chi connectivity index (χ1v) is 7.34. The van der Waals surface area contributed by atoms with Gasteiger partial charge in [-0.05, 0) is 26.0 Å². The molecular weight excluding hydrogens is 274 g/mol. The summed E-state index contributed by atoms with van der Waals surface area (Å²) in [6, 6.07) is 16.6. The average Bonchev–Trinajstić information content (AvgIpc) is 2.86.